The fourth-order valence-corrected chi connectivity index (χ4v) is 4.00. The molecule has 1 aliphatic carbocycles. The van der Waals surface area contributed by atoms with E-state index in [1.165, 1.54) is 14.2 Å². The third-order valence-electron chi connectivity index (χ3n) is 4.63. The van der Waals surface area contributed by atoms with Crippen LogP contribution in [0.3, 0.4) is 0 Å². The standard InChI is InChI=1S/C17H14ClF3O7S.H2O/c1-7-4-8(22)5-11(26-3)16(7)15(23)12-9(25-2)6-10(13(18)14(12)27-16)28-29(24)17(19,20)21;/h5-7H,4H2,1-3H3;1H2/t7-,16+,29?;/m1./s1. The Labute approximate surface area is 175 Å². The van der Waals surface area contributed by atoms with Crippen molar-refractivity contribution in [3.05, 3.63) is 28.5 Å². The molecule has 0 fully saturated rings. The fraction of sp³-hybridized carbons (Fsp3) is 0.412. The van der Waals surface area contributed by atoms with Gasteiger partial charge in [-0.25, -0.2) is 4.21 Å². The van der Waals surface area contributed by atoms with E-state index in [9.17, 15) is 27.0 Å². The van der Waals surface area contributed by atoms with Gasteiger partial charge in [0.2, 0.25) is 11.4 Å². The number of methoxy groups -OCH3 is 2. The van der Waals surface area contributed by atoms with Crippen molar-refractivity contribution in [2.75, 3.05) is 14.2 Å². The summed E-state index contributed by atoms with van der Waals surface area (Å²) in [5.41, 5.74) is -7.05. The Morgan fingerprint density at radius 3 is 2.40 bits per heavy atom. The molecule has 3 atom stereocenters. The highest BCUT2D eigenvalue weighted by atomic mass is 35.5. The van der Waals surface area contributed by atoms with E-state index in [0.29, 0.717) is 0 Å². The highest BCUT2D eigenvalue weighted by molar-refractivity contribution is 7.81. The van der Waals surface area contributed by atoms with Gasteiger partial charge in [0.25, 0.3) is 0 Å². The van der Waals surface area contributed by atoms with Crippen LogP contribution in [0.1, 0.15) is 23.7 Å². The number of ketones is 2. The van der Waals surface area contributed by atoms with Crippen molar-refractivity contribution in [3.63, 3.8) is 0 Å². The van der Waals surface area contributed by atoms with Crippen LogP contribution in [0.15, 0.2) is 17.9 Å². The number of fused-ring (bicyclic) bond motifs is 1. The molecule has 1 aliphatic heterocycles. The normalized spacial score (nSPS) is 23.8. The van der Waals surface area contributed by atoms with Crippen LogP contribution < -0.4 is 13.7 Å². The van der Waals surface area contributed by atoms with Crippen LogP contribution in [0.2, 0.25) is 5.02 Å². The van der Waals surface area contributed by atoms with Gasteiger partial charge in [0.1, 0.15) is 16.3 Å². The second-order valence-corrected chi connectivity index (χ2v) is 7.79. The van der Waals surface area contributed by atoms with Crippen LogP contribution >= 0.6 is 11.6 Å². The molecule has 13 heteroatoms. The molecule has 1 unspecified atom stereocenters. The van der Waals surface area contributed by atoms with E-state index in [1.807, 2.05) is 0 Å². The lowest BCUT2D eigenvalue weighted by molar-refractivity contribution is -0.118. The van der Waals surface area contributed by atoms with Crippen LogP contribution in [-0.2, 0) is 20.6 Å². The van der Waals surface area contributed by atoms with E-state index in [-0.39, 0.29) is 40.5 Å². The molecular weight excluding hydrogens is 457 g/mol. The Morgan fingerprint density at radius 1 is 1.23 bits per heavy atom. The lowest BCUT2D eigenvalue weighted by atomic mass is 9.75. The van der Waals surface area contributed by atoms with E-state index in [2.05, 4.69) is 4.18 Å². The molecule has 0 saturated carbocycles. The minimum atomic E-state index is -5.16. The number of carbonyl (C=O) groups is 2. The zero-order valence-electron chi connectivity index (χ0n) is 15.7. The van der Waals surface area contributed by atoms with Crippen molar-refractivity contribution in [1.29, 1.82) is 0 Å². The SMILES string of the molecule is COC1=CC(=O)C[C@@H](C)[C@]12Oc1c(Cl)c(OS(=O)C(F)(F)F)cc(OC)c1C2=O.O. The summed E-state index contributed by atoms with van der Waals surface area (Å²) >= 11 is 2.42. The summed E-state index contributed by atoms with van der Waals surface area (Å²) in [6.07, 6.45) is 1.09. The molecule has 1 spiro atoms. The van der Waals surface area contributed by atoms with E-state index in [1.54, 1.807) is 6.92 Å². The summed E-state index contributed by atoms with van der Waals surface area (Å²) in [4.78, 5) is 25.2. The Bertz CT molecular complexity index is 961. The average Bonchev–Trinajstić information content (AvgIpc) is 2.95. The summed E-state index contributed by atoms with van der Waals surface area (Å²) in [7, 11) is 2.42. The first-order valence-electron chi connectivity index (χ1n) is 8.07. The van der Waals surface area contributed by atoms with Crippen molar-refractivity contribution in [1.82, 2.24) is 0 Å². The maximum absolute atomic E-state index is 13.3. The quantitative estimate of drug-likeness (QED) is 0.660. The highest BCUT2D eigenvalue weighted by Gasteiger charge is 2.60. The molecule has 0 saturated heterocycles. The van der Waals surface area contributed by atoms with Gasteiger partial charge in [0.15, 0.2) is 23.0 Å². The molecule has 0 amide bonds. The third-order valence-corrected chi connectivity index (χ3v) is 5.70. The first kappa shape index (κ1) is 24.0. The van der Waals surface area contributed by atoms with E-state index in [0.717, 1.165) is 12.1 Å². The zero-order chi connectivity index (χ0) is 21.7. The molecule has 30 heavy (non-hydrogen) atoms. The van der Waals surface area contributed by atoms with Crippen molar-refractivity contribution < 1.29 is 50.8 Å². The molecule has 3 rings (SSSR count). The number of ether oxygens (including phenoxy) is 3. The Balaban J connectivity index is 0.00000320. The number of rotatable bonds is 4. The molecule has 0 aromatic heterocycles. The smallest absolute Gasteiger partial charge is 0.496 e. The predicted molar refractivity (Wildman–Crippen MR) is 98.0 cm³/mol. The maximum Gasteiger partial charge on any atom is 0.508 e. The lowest BCUT2D eigenvalue weighted by Crippen LogP contribution is -2.51. The Morgan fingerprint density at radius 2 is 1.87 bits per heavy atom. The van der Waals surface area contributed by atoms with Crippen LogP contribution in [0.25, 0.3) is 0 Å². The van der Waals surface area contributed by atoms with Crippen molar-refractivity contribution in [3.8, 4) is 17.2 Å². The molecule has 0 bridgehead atoms. The summed E-state index contributed by atoms with van der Waals surface area (Å²) in [6.45, 7) is 1.59. The van der Waals surface area contributed by atoms with Crippen LogP contribution in [-0.4, -0.2) is 46.6 Å². The number of carbonyl (C=O) groups excluding carboxylic acids is 2. The molecule has 8 nitrogen and oxygen atoms in total. The first-order chi connectivity index (χ1) is 13.5. The second kappa shape index (κ2) is 8.08. The second-order valence-electron chi connectivity index (χ2n) is 6.31. The highest BCUT2D eigenvalue weighted by Crippen LogP contribution is 2.54. The summed E-state index contributed by atoms with van der Waals surface area (Å²) < 4.78 is 69.7. The molecule has 0 radical (unpaired) electrons. The van der Waals surface area contributed by atoms with Crippen LogP contribution in [0.5, 0.6) is 17.2 Å². The molecule has 1 aromatic rings. The molecule has 2 aliphatic rings. The molecule has 1 heterocycles. The molecular formula is C17H16ClF3O8S. The monoisotopic (exact) mass is 472 g/mol. The van der Waals surface area contributed by atoms with E-state index >= 15 is 0 Å². The zero-order valence-corrected chi connectivity index (χ0v) is 17.3. The van der Waals surface area contributed by atoms with Crippen molar-refractivity contribution in [2.45, 2.75) is 24.5 Å². The summed E-state index contributed by atoms with van der Waals surface area (Å²) in [6, 6.07) is 0.917. The molecule has 2 N–H and O–H groups in total. The number of allylic oxidation sites excluding steroid dienone is 1. The van der Waals surface area contributed by atoms with Crippen molar-refractivity contribution in [2.24, 2.45) is 5.92 Å². The number of hydrogen-bond acceptors (Lipinski definition) is 7. The average molecular weight is 473 g/mol. The first-order valence-corrected chi connectivity index (χ1v) is 9.52. The van der Waals surface area contributed by atoms with Gasteiger partial charge in [-0.05, 0) is 0 Å². The van der Waals surface area contributed by atoms with Gasteiger partial charge in [-0.1, -0.05) is 18.5 Å². The van der Waals surface area contributed by atoms with Gasteiger partial charge in [0, 0.05) is 24.5 Å². The largest absolute Gasteiger partial charge is 0.508 e. The number of hydrogen-bond donors (Lipinski definition) is 0. The van der Waals surface area contributed by atoms with E-state index < -0.39 is 44.7 Å². The van der Waals surface area contributed by atoms with E-state index in [4.69, 9.17) is 25.8 Å². The number of halogens is 4. The lowest BCUT2D eigenvalue weighted by Gasteiger charge is -2.36. The van der Waals surface area contributed by atoms with Gasteiger partial charge in [-0.3, -0.25) is 9.59 Å². The van der Waals surface area contributed by atoms with Crippen LogP contribution in [0, 0.1) is 5.92 Å². The minimum absolute atomic E-state index is 0. The number of alkyl halides is 3. The Kier molecular flexibility index (Phi) is 6.45. The predicted octanol–water partition coefficient (Wildman–Crippen LogP) is 2.54. The molecule has 166 valence electrons. The third kappa shape index (κ3) is 3.52. The Hall–Kier alpha value is -2.31. The van der Waals surface area contributed by atoms with Crippen LogP contribution in [0.4, 0.5) is 13.2 Å². The maximum atomic E-state index is 13.3. The van der Waals surface area contributed by atoms with Gasteiger partial charge in [-0.2, -0.15) is 13.2 Å². The fourth-order valence-electron chi connectivity index (χ4n) is 3.34. The van der Waals surface area contributed by atoms with Gasteiger partial charge in [0.05, 0.1) is 14.2 Å². The topological polar surface area (TPSA) is 120 Å². The van der Waals surface area contributed by atoms with Crippen molar-refractivity contribution >= 4 is 34.2 Å². The van der Waals surface area contributed by atoms with Gasteiger partial charge < -0.3 is 23.9 Å². The number of benzene rings is 1. The minimum Gasteiger partial charge on any atom is -0.496 e. The summed E-state index contributed by atoms with van der Waals surface area (Å²) in [5, 5.41) is -0.497. The summed E-state index contributed by atoms with van der Waals surface area (Å²) in [5.74, 6) is -2.82. The van der Waals surface area contributed by atoms with Gasteiger partial charge in [-0.15, -0.1) is 0 Å². The number of Topliss-reactive ketones (excluding diaryl/α,β-unsaturated/α-hetero) is 1. The van der Waals surface area contributed by atoms with Gasteiger partial charge >= 0.3 is 16.6 Å². The molecule has 1 aromatic carbocycles.